The molecule has 0 fully saturated rings. The number of halogens is 3. The molecule has 3 aromatic rings. The van der Waals surface area contributed by atoms with Crippen LogP contribution in [0.3, 0.4) is 0 Å². The fourth-order valence-corrected chi connectivity index (χ4v) is 3.11. The summed E-state index contributed by atoms with van der Waals surface area (Å²) in [5, 5.41) is 3.83. The quantitative estimate of drug-likeness (QED) is 0.322. The Balaban J connectivity index is 2.02. The maximum absolute atomic E-state index is 13.7. The summed E-state index contributed by atoms with van der Waals surface area (Å²) >= 11 is 0. The Kier molecular flexibility index (Phi) is 6.53. The van der Waals surface area contributed by atoms with Crippen molar-refractivity contribution in [1.82, 2.24) is 0 Å². The van der Waals surface area contributed by atoms with Crippen molar-refractivity contribution in [2.75, 3.05) is 30.5 Å². The Morgan fingerprint density at radius 3 is 2.35 bits per heavy atom. The van der Waals surface area contributed by atoms with Crippen LogP contribution < -0.4 is 20.7 Å². The third kappa shape index (κ3) is 4.99. The molecule has 0 bridgehead atoms. The minimum Gasteiger partial charge on any atom is -0.497 e. The van der Waals surface area contributed by atoms with Crippen LogP contribution in [0.2, 0.25) is 0 Å². The first kappa shape index (κ1) is 22.2. The predicted molar refractivity (Wildman–Crippen MR) is 115 cm³/mol. The van der Waals surface area contributed by atoms with Crippen molar-refractivity contribution in [3.8, 4) is 5.75 Å². The van der Waals surface area contributed by atoms with Gasteiger partial charge in [0.05, 0.1) is 18.4 Å². The van der Waals surface area contributed by atoms with Crippen molar-refractivity contribution in [3.63, 3.8) is 0 Å². The van der Waals surface area contributed by atoms with Crippen LogP contribution in [-0.2, 0) is 0 Å². The fraction of sp³-hybridized carbons (Fsp3) is 0.273. The molecule has 0 radical (unpaired) electrons. The molecule has 0 saturated carbocycles. The van der Waals surface area contributed by atoms with Crippen LogP contribution in [0.15, 0.2) is 62.8 Å². The van der Waals surface area contributed by atoms with E-state index in [9.17, 15) is 18.0 Å². The first-order valence-electron chi connectivity index (χ1n) is 9.65. The molecule has 6 nitrogen and oxygen atoms in total. The van der Waals surface area contributed by atoms with Crippen molar-refractivity contribution in [2.24, 2.45) is 5.10 Å². The van der Waals surface area contributed by atoms with Crippen LogP contribution in [0.25, 0.3) is 11.0 Å². The molecule has 164 valence electrons. The van der Waals surface area contributed by atoms with Crippen molar-refractivity contribution >= 4 is 28.1 Å². The summed E-state index contributed by atoms with van der Waals surface area (Å²) in [6.45, 7) is 5.45. The van der Waals surface area contributed by atoms with Crippen LogP contribution in [-0.4, -0.2) is 32.1 Å². The molecule has 0 amide bonds. The van der Waals surface area contributed by atoms with Gasteiger partial charge in [0.2, 0.25) is 0 Å². The van der Waals surface area contributed by atoms with E-state index in [0.717, 1.165) is 24.8 Å². The minimum atomic E-state index is -4.87. The van der Waals surface area contributed by atoms with Crippen LogP contribution in [0, 0.1) is 0 Å². The van der Waals surface area contributed by atoms with Crippen molar-refractivity contribution < 1.29 is 22.3 Å². The molecule has 1 N–H and O–H groups in total. The highest BCUT2D eigenvalue weighted by atomic mass is 19.4. The third-order valence-corrected chi connectivity index (χ3v) is 4.76. The van der Waals surface area contributed by atoms with E-state index in [-0.39, 0.29) is 5.58 Å². The zero-order valence-electron chi connectivity index (χ0n) is 17.3. The van der Waals surface area contributed by atoms with Gasteiger partial charge in [0.15, 0.2) is 5.71 Å². The van der Waals surface area contributed by atoms with Gasteiger partial charge < -0.3 is 14.1 Å². The second-order valence-corrected chi connectivity index (χ2v) is 6.64. The van der Waals surface area contributed by atoms with Gasteiger partial charge in [-0.25, -0.2) is 4.79 Å². The monoisotopic (exact) mass is 433 g/mol. The summed E-state index contributed by atoms with van der Waals surface area (Å²) in [5.74, 6) is 0.546. The summed E-state index contributed by atoms with van der Waals surface area (Å²) in [5.41, 5.74) is 0.520. The molecule has 0 spiro atoms. The molecule has 0 saturated heterocycles. The Morgan fingerprint density at radius 2 is 1.77 bits per heavy atom. The lowest BCUT2D eigenvalue weighted by Crippen LogP contribution is -2.30. The third-order valence-electron chi connectivity index (χ3n) is 4.76. The highest BCUT2D eigenvalue weighted by molar-refractivity contribution is 6.06. The number of alkyl halides is 3. The molecule has 0 aliphatic heterocycles. The average molecular weight is 433 g/mol. The van der Waals surface area contributed by atoms with Gasteiger partial charge in [0.1, 0.15) is 11.3 Å². The minimum absolute atomic E-state index is 0.211. The molecule has 0 aliphatic rings. The van der Waals surface area contributed by atoms with E-state index in [4.69, 9.17) is 9.15 Å². The largest absolute Gasteiger partial charge is 0.497 e. The first-order valence-corrected chi connectivity index (χ1v) is 9.65. The number of nitrogens with one attached hydrogen (secondary N) is 1. The molecule has 9 heteroatoms. The number of anilines is 2. The second kappa shape index (κ2) is 9.11. The molecular formula is C22H22F3N3O3. The summed E-state index contributed by atoms with van der Waals surface area (Å²) in [7, 11) is 1.48. The zero-order chi connectivity index (χ0) is 22.6. The fourth-order valence-electron chi connectivity index (χ4n) is 3.11. The van der Waals surface area contributed by atoms with E-state index in [1.807, 2.05) is 18.7 Å². The molecule has 2 aromatic carbocycles. The van der Waals surface area contributed by atoms with Crippen LogP contribution in [0.4, 0.5) is 24.5 Å². The number of hydrogen-bond donors (Lipinski definition) is 1. The normalized spacial score (nSPS) is 12.1. The Morgan fingerprint density at radius 1 is 1.10 bits per heavy atom. The SMILES string of the molecule is CCN(CC)c1ccc2cc(/C(=N/Nc3ccc(OC)cc3)C(F)(F)F)c(=O)oc2c1. The number of rotatable bonds is 7. The van der Waals surface area contributed by atoms with E-state index in [2.05, 4.69) is 10.5 Å². The Hall–Kier alpha value is -3.49. The van der Waals surface area contributed by atoms with Gasteiger partial charge in [0, 0.05) is 30.2 Å². The van der Waals surface area contributed by atoms with Crippen molar-refractivity contribution in [3.05, 3.63) is 64.5 Å². The topological polar surface area (TPSA) is 67.1 Å². The summed E-state index contributed by atoms with van der Waals surface area (Å²) < 4.78 is 51.3. The molecule has 0 unspecified atom stereocenters. The summed E-state index contributed by atoms with van der Waals surface area (Å²) in [4.78, 5) is 14.5. The standard InChI is InChI=1S/C22H22F3N3O3/c1-4-28(5-2)16-9-6-14-12-18(21(29)31-19(14)13-16)20(22(23,24)25)27-26-15-7-10-17(30-3)11-8-15/h6-13,26H,4-5H2,1-3H3/b27-20-. The molecule has 0 aliphatic carbocycles. The number of hydrogen-bond acceptors (Lipinski definition) is 6. The number of fused-ring (bicyclic) bond motifs is 1. The highest BCUT2D eigenvalue weighted by Crippen LogP contribution is 2.26. The average Bonchev–Trinajstić information content (AvgIpc) is 2.74. The second-order valence-electron chi connectivity index (χ2n) is 6.64. The number of nitrogens with zero attached hydrogens (tertiary/aromatic N) is 2. The lowest BCUT2D eigenvalue weighted by atomic mass is 10.1. The van der Waals surface area contributed by atoms with E-state index >= 15 is 0 Å². The Labute approximate surface area is 176 Å². The molecule has 1 aromatic heterocycles. The first-order chi connectivity index (χ1) is 14.8. The molecule has 3 rings (SSSR count). The highest BCUT2D eigenvalue weighted by Gasteiger charge is 2.39. The van der Waals surface area contributed by atoms with E-state index in [1.54, 1.807) is 30.3 Å². The predicted octanol–water partition coefficient (Wildman–Crippen LogP) is 5.03. The van der Waals surface area contributed by atoms with Gasteiger partial charge in [-0.15, -0.1) is 0 Å². The smallest absolute Gasteiger partial charge is 0.435 e. The maximum Gasteiger partial charge on any atom is 0.435 e. The number of benzene rings is 2. The lowest BCUT2D eigenvalue weighted by Gasteiger charge is -2.21. The Bertz CT molecular complexity index is 1130. The van der Waals surface area contributed by atoms with E-state index in [1.165, 1.54) is 19.2 Å². The van der Waals surface area contributed by atoms with Crippen LogP contribution in [0.5, 0.6) is 5.75 Å². The van der Waals surface area contributed by atoms with Crippen LogP contribution >= 0.6 is 0 Å². The molecular weight excluding hydrogens is 411 g/mol. The van der Waals surface area contributed by atoms with Gasteiger partial charge in [-0.1, -0.05) is 0 Å². The van der Waals surface area contributed by atoms with E-state index < -0.39 is 23.1 Å². The summed E-state index contributed by atoms with van der Waals surface area (Å²) in [6, 6.07) is 12.4. The number of hydrazone groups is 1. The molecule has 1 heterocycles. The molecule has 31 heavy (non-hydrogen) atoms. The number of methoxy groups -OCH3 is 1. The van der Waals surface area contributed by atoms with Gasteiger partial charge in [-0.2, -0.15) is 18.3 Å². The van der Waals surface area contributed by atoms with E-state index in [0.29, 0.717) is 16.8 Å². The van der Waals surface area contributed by atoms with Crippen molar-refractivity contribution in [1.29, 1.82) is 0 Å². The zero-order valence-corrected chi connectivity index (χ0v) is 17.3. The van der Waals surface area contributed by atoms with Gasteiger partial charge in [-0.3, -0.25) is 5.43 Å². The van der Waals surface area contributed by atoms with Crippen molar-refractivity contribution in [2.45, 2.75) is 20.0 Å². The maximum atomic E-state index is 13.7. The van der Waals surface area contributed by atoms with Gasteiger partial charge >= 0.3 is 11.8 Å². The summed E-state index contributed by atoms with van der Waals surface area (Å²) in [6.07, 6.45) is -4.87. The molecule has 0 atom stereocenters. The van der Waals surface area contributed by atoms with Gasteiger partial charge in [0.25, 0.3) is 0 Å². The van der Waals surface area contributed by atoms with Crippen LogP contribution in [0.1, 0.15) is 19.4 Å². The lowest BCUT2D eigenvalue weighted by molar-refractivity contribution is -0.0582. The van der Waals surface area contributed by atoms with Gasteiger partial charge in [-0.05, 0) is 56.3 Å². The number of ether oxygens (including phenoxy) is 1.